The number of nitrogens with zero attached hydrogens (tertiary/aromatic N) is 1. The van der Waals surface area contributed by atoms with E-state index in [9.17, 15) is 9.59 Å². The van der Waals surface area contributed by atoms with Crippen LogP contribution in [0.5, 0.6) is 0 Å². The zero-order valence-corrected chi connectivity index (χ0v) is 13.0. The van der Waals surface area contributed by atoms with Crippen LogP contribution < -0.4 is 5.32 Å². The highest BCUT2D eigenvalue weighted by Crippen LogP contribution is 2.30. The fraction of sp³-hybridized carbons (Fsp3) is 0.643. The first kappa shape index (κ1) is 15.9. The number of rotatable bonds is 6. The molecule has 1 aromatic rings. The van der Waals surface area contributed by atoms with Gasteiger partial charge in [0.25, 0.3) is 5.91 Å². The molecule has 1 amide bonds. The number of hydrogen-bond acceptors (Lipinski definition) is 5. The van der Waals surface area contributed by atoms with Gasteiger partial charge in [-0.15, -0.1) is 11.3 Å². The van der Waals surface area contributed by atoms with Crippen molar-refractivity contribution in [1.29, 1.82) is 0 Å². The van der Waals surface area contributed by atoms with Gasteiger partial charge >= 0.3 is 5.97 Å². The third-order valence-electron chi connectivity index (χ3n) is 3.27. The van der Waals surface area contributed by atoms with Crippen molar-refractivity contribution in [2.45, 2.75) is 45.3 Å². The Kier molecular flexibility index (Phi) is 5.30. The molecule has 2 N–H and O–H groups in total. The minimum absolute atomic E-state index is 0.0255. The van der Waals surface area contributed by atoms with E-state index in [1.165, 1.54) is 11.3 Å². The molecule has 1 saturated heterocycles. The number of thiazole rings is 1. The quantitative estimate of drug-likeness (QED) is 0.841. The van der Waals surface area contributed by atoms with Crippen LogP contribution in [0.3, 0.4) is 0 Å². The molecule has 1 fully saturated rings. The standard InChI is InChI=1S/C14H20N2O4S/c1-8(2)6-9(14(18)19)15-12(17)10-7-21-13(16-10)11-4-3-5-20-11/h7-9,11H,3-6H2,1-2H3,(H,15,17)(H,18,19)/t9-,11?/m0/s1. The fourth-order valence-corrected chi connectivity index (χ4v) is 3.12. The number of carbonyl (C=O) groups excluding carboxylic acids is 1. The van der Waals surface area contributed by atoms with Gasteiger partial charge in [0.2, 0.25) is 0 Å². The van der Waals surface area contributed by atoms with E-state index in [-0.39, 0.29) is 17.7 Å². The van der Waals surface area contributed by atoms with Gasteiger partial charge < -0.3 is 15.2 Å². The van der Waals surface area contributed by atoms with Gasteiger partial charge in [-0.3, -0.25) is 4.79 Å². The molecule has 0 saturated carbocycles. The average Bonchev–Trinajstić information content (AvgIpc) is 3.08. The van der Waals surface area contributed by atoms with Crippen LogP contribution in [0.25, 0.3) is 0 Å². The van der Waals surface area contributed by atoms with Gasteiger partial charge in [-0.1, -0.05) is 13.8 Å². The summed E-state index contributed by atoms with van der Waals surface area (Å²) >= 11 is 1.38. The summed E-state index contributed by atoms with van der Waals surface area (Å²) in [7, 11) is 0. The Bertz CT molecular complexity index is 509. The Hall–Kier alpha value is -1.47. The summed E-state index contributed by atoms with van der Waals surface area (Å²) < 4.78 is 5.53. The summed E-state index contributed by atoms with van der Waals surface area (Å²) in [6, 6.07) is -0.884. The maximum atomic E-state index is 12.1. The molecule has 1 aromatic heterocycles. The van der Waals surface area contributed by atoms with Crippen molar-refractivity contribution in [2.75, 3.05) is 6.61 Å². The van der Waals surface area contributed by atoms with Crippen LogP contribution in [0.4, 0.5) is 0 Å². The Labute approximate surface area is 127 Å². The normalized spacial score (nSPS) is 19.7. The van der Waals surface area contributed by atoms with E-state index in [2.05, 4.69) is 10.3 Å². The van der Waals surface area contributed by atoms with Crippen molar-refractivity contribution < 1.29 is 19.4 Å². The number of nitrogens with one attached hydrogen (secondary N) is 1. The van der Waals surface area contributed by atoms with E-state index in [4.69, 9.17) is 9.84 Å². The predicted octanol–water partition coefficient (Wildman–Crippen LogP) is 2.22. The summed E-state index contributed by atoms with van der Waals surface area (Å²) in [4.78, 5) is 27.5. The van der Waals surface area contributed by atoms with Crippen LogP contribution in [0.1, 0.15) is 54.7 Å². The van der Waals surface area contributed by atoms with Crippen molar-refractivity contribution in [3.05, 3.63) is 16.1 Å². The van der Waals surface area contributed by atoms with Crippen molar-refractivity contribution in [1.82, 2.24) is 10.3 Å². The fourth-order valence-electron chi connectivity index (χ4n) is 2.24. The molecular weight excluding hydrogens is 292 g/mol. The van der Waals surface area contributed by atoms with Crippen molar-refractivity contribution in [2.24, 2.45) is 5.92 Å². The molecule has 116 valence electrons. The van der Waals surface area contributed by atoms with Gasteiger partial charge in [0.15, 0.2) is 0 Å². The lowest BCUT2D eigenvalue weighted by Gasteiger charge is -2.15. The van der Waals surface area contributed by atoms with Crippen LogP contribution in [-0.4, -0.2) is 34.6 Å². The third-order valence-corrected chi connectivity index (χ3v) is 4.21. The molecule has 0 aromatic carbocycles. The zero-order chi connectivity index (χ0) is 15.4. The van der Waals surface area contributed by atoms with Gasteiger partial charge in [0.05, 0.1) is 0 Å². The largest absolute Gasteiger partial charge is 0.480 e. The first-order valence-corrected chi connectivity index (χ1v) is 7.96. The van der Waals surface area contributed by atoms with Crippen LogP contribution >= 0.6 is 11.3 Å². The maximum absolute atomic E-state index is 12.1. The van der Waals surface area contributed by atoms with Crippen LogP contribution in [-0.2, 0) is 9.53 Å². The number of aliphatic carboxylic acids is 1. The lowest BCUT2D eigenvalue weighted by Crippen LogP contribution is -2.41. The van der Waals surface area contributed by atoms with Gasteiger partial charge in [-0.2, -0.15) is 0 Å². The second-order valence-corrected chi connectivity index (χ2v) is 6.46. The molecule has 7 heteroatoms. The minimum atomic E-state index is -1.02. The van der Waals surface area contributed by atoms with E-state index in [1.807, 2.05) is 13.8 Å². The van der Waals surface area contributed by atoms with E-state index >= 15 is 0 Å². The predicted molar refractivity (Wildman–Crippen MR) is 78.4 cm³/mol. The molecule has 0 radical (unpaired) electrons. The lowest BCUT2D eigenvalue weighted by molar-refractivity contribution is -0.139. The number of carbonyl (C=O) groups is 2. The highest BCUT2D eigenvalue weighted by molar-refractivity contribution is 7.09. The van der Waals surface area contributed by atoms with Crippen LogP contribution in [0.15, 0.2) is 5.38 Å². The summed E-state index contributed by atoms with van der Waals surface area (Å²) in [5, 5.41) is 14.1. The Morgan fingerprint density at radius 3 is 2.90 bits per heavy atom. The van der Waals surface area contributed by atoms with E-state index in [0.717, 1.165) is 24.5 Å². The zero-order valence-electron chi connectivity index (χ0n) is 12.2. The molecular formula is C14H20N2O4S. The number of carboxylic acid groups (broad SMARTS) is 1. The Morgan fingerprint density at radius 2 is 2.33 bits per heavy atom. The van der Waals surface area contributed by atoms with Gasteiger partial charge in [0.1, 0.15) is 22.8 Å². The molecule has 0 spiro atoms. The van der Waals surface area contributed by atoms with Crippen molar-refractivity contribution in [3.8, 4) is 0 Å². The van der Waals surface area contributed by atoms with Gasteiger partial charge in [-0.25, -0.2) is 9.78 Å². The lowest BCUT2D eigenvalue weighted by atomic mass is 10.0. The molecule has 1 aliphatic heterocycles. The molecule has 1 aliphatic rings. The Balaban J connectivity index is 2.00. The van der Waals surface area contributed by atoms with Gasteiger partial charge in [0, 0.05) is 12.0 Å². The number of aromatic nitrogens is 1. The summed E-state index contributed by atoms with van der Waals surface area (Å²) in [6.07, 6.45) is 2.28. The highest BCUT2D eigenvalue weighted by Gasteiger charge is 2.25. The van der Waals surface area contributed by atoms with Crippen LogP contribution in [0.2, 0.25) is 0 Å². The minimum Gasteiger partial charge on any atom is -0.480 e. The topological polar surface area (TPSA) is 88.5 Å². The van der Waals surface area contributed by atoms with Gasteiger partial charge in [-0.05, 0) is 25.2 Å². The average molecular weight is 312 g/mol. The molecule has 2 atom stereocenters. The summed E-state index contributed by atoms with van der Waals surface area (Å²) in [6.45, 7) is 4.56. The SMILES string of the molecule is CC(C)C[C@H](NC(=O)c1csc(C2CCCO2)n1)C(=O)O. The molecule has 0 bridgehead atoms. The Morgan fingerprint density at radius 1 is 1.57 bits per heavy atom. The highest BCUT2D eigenvalue weighted by atomic mass is 32.1. The molecule has 6 nitrogen and oxygen atoms in total. The van der Waals surface area contributed by atoms with E-state index in [0.29, 0.717) is 6.42 Å². The van der Waals surface area contributed by atoms with Crippen molar-refractivity contribution >= 4 is 23.2 Å². The van der Waals surface area contributed by atoms with Crippen molar-refractivity contribution in [3.63, 3.8) is 0 Å². The summed E-state index contributed by atoms with van der Waals surface area (Å²) in [5.74, 6) is -1.28. The maximum Gasteiger partial charge on any atom is 0.326 e. The molecule has 2 heterocycles. The molecule has 1 unspecified atom stereocenters. The van der Waals surface area contributed by atoms with Crippen LogP contribution in [0, 0.1) is 5.92 Å². The monoisotopic (exact) mass is 312 g/mol. The second kappa shape index (κ2) is 7.00. The first-order valence-electron chi connectivity index (χ1n) is 7.08. The third kappa shape index (κ3) is 4.25. The second-order valence-electron chi connectivity index (χ2n) is 5.57. The molecule has 2 rings (SSSR count). The summed E-state index contributed by atoms with van der Waals surface area (Å²) in [5.41, 5.74) is 0.264. The number of carboxylic acids is 1. The smallest absolute Gasteiger partial charge is 0.326 e. The molecule has 21 heavy (non-hydrogen) atoms. The van der Waals surface area contributed by atoms with E-state index < -0.39 is 17.9 Å². The number of ether oxygens (including phenoxy) is 1. The first-order chi connectivity index (χ1) is 9.97. The van der Waals surface area contributed by atoms with E-state index in [1.54, 1.807) is 5.38 Å². The number of hydrogen-bond donors (Lipinski definition) is 2. The molecule has 0 aliphatic carbocycles. The number of amides is 1.